The van der Waals surface area contributed by atoms with Crippen LogP contribution in [-0.2, 0) is 47.7 Å². The molecule has 3 fully saturated rings. The highest BCUT2D eigenvalue weighted by Gasteiger charge is 2.53. The quantitative estimate of drug-likeness (QED) is 0.161. The van der Waals surface area contributed by atoms with Crippen molar-refractivity contribution in [2.75, 3.05) is 27.9 Å². The molecule has 0 aromatic carbocycles. The second-order valence-electron chi connectivity index (χ2n) is 19.1. The lowest BCUT2D eigenvalue weighted by Gasteiger charge is -2.42. The number of fused-ring (bicyclic) bond motifs is 3. The summed E-state index contributed by atoms with van der Waals surface area (Å²) >= 11 is 0. The Morgan fingerprint density at radius 1 is 0.844 bits per heavy atom. The average molecular weight is 900 g/mol. The maximum atomic E-state index is 14.3. The lowest BCUT2D eigenvalue weighted by molar-refractivity contribution is -0.265. The summed E-state index contributed by atoms with van der Waals surface area (Å²) in [6.45, 7) is 10.9. The van der Waals surface area contributed by atoms with E-state index in [1.54, 1.807) is 41.1 Å². The highest BCUT2D eigenvalue weighted by atomic mass is 16.6. The second kappa shape index (κ2) is 25.0. The minimum Gasteiger partial charge on any atom is -0.460 e. The van der Waals surface area contributed by atoms with Gasteiger partial charge in [-0.3, -0.25) is 19.2 Å². The van der Waals surface area contributed by atoms with Crippen LogP contribution in [0.25, 0.3) is 0 Å². The maximum Gasteiger partial charge on any atom is 0.329 e. The number of ketones is 3. The van der Waals surface area contributed by atoms with Gasteiger partial charge < -0.3 is 43.9 Å². The van der Waals surface area contributed by atoms with E-state index in [2.05, 4.69) is 0 Å². The molecule has 0 radical (unpaired) electrons. The van der Waals surface area contributed by atoms with Crippen molar-refractivity contribution in [2.45, 2.75) is 180 Å². The van der Waals surface area contributed by atoms with Crippen LogP contribution in [0.15, 0.2) is 47.6 Å². The van der Waals surface area contributed by atoms with Crippen molar-refractivity contribution in [3.63, 3.8) is 0 Å². The van der Waals surface area contributed by atoms with Gasteiger partial charge in [-0.2, -0.15) is 0 Å². The summed E-state index contributed by atoms with van der Waals surface area (Å²) in [7, 11) is 4.51. The Morgan fingerprint density at radius 3 is 2.27 bits per heavy atom. The van der Waals surface area contributed by atoms with Crippen LogP contribution in [-0.4, -0.2) is 132 Å². The standard InChI is InChI=1S/C50H77NO13/c1-30-15-11-10-12-16-31(2)42(60-7)28-37-21-19-35(6)50(59,64-37)47(56)48(57)51-24-14-13-17-38(51)49(58)63-43(33(4)26-36-20-23-39(52)44(27-36)61-8)29-41(54)32(3)25-34(5)45(55)46(62-9)40(53)22-18-30/h10-12,15-16,25,30,32-33,35-39,42-46,52,55,59H,13-14,17-24,26-29H2,1-9H3/b12-10+,15-11+,31-16+,34-25+/t30-,32-,33-,35-,36+,37+,38+,39-,42+,43+,44-,45-,46+,50-/m1/s1. The zero-order chi connectivity index (χ0) is 47.3. The lowest BCUT2D eigenvalue weighted by atomic mass is 9.78. The highest BCUT2D eigenvalue weighted by molar-refractivity contribution is 6.39. The summed E-state index contributed by atoms with van der Waals surface area (Å²) in [4.78, 5) is 71.3. The third kappa shape index (κ3) is 14.1. The van der Waals surface area contributed by atoms with Gasteiger partial charge in [0.25, 0.3) is 11.7 Å². The SMILES string of the molecule is CO[C@H]1C[C@@H]2CC[C@@H](C)[C@@](O)(O2)C(=O)C(=O)N2CCCC[C@H]2C(=O)O[C@H]([C@H](C)C[C@@H]2CC[C@@H](O)[C@H](OC)C2)CC(=O)[C@H](C)/C=C(\C)[C@@H](O)[C@@H](OC)C(=O)CC[C@H](C)/C=C/C=C/C=C/1C. The fraction of sp³-hybridized carbons (Fsp3) is 0.740. The number of hydrogen-bond donors (Lipinski definition) is 3. The van der Waals surface area contributed by atoms with E-state index >= 15 is 0 Å². The van der Waals surface area contributed by atoms with E-state index in [0.717, 1.165) is 12.0 Å². The van der Waals surface area contributed by atoms with E-state index in [-0.39, 0.29) is 61.2 Å². The number of methoxy groups -OCH3 is 3. The van der Waals surface area contributed by atoms with Gasteiger partial charge >= 0.3 is 5.97 Å². The zero-order valence-electron chi connectivity index (χ0n) is 39.7. The molecular formula is C50H77NO13. The number of rotatable bonds is 6. The van der Waals surface area contributed by atoms with Gasteiger partial charge in [0.05, 0.1) is 24.4 Å². The predicted molar refractivity (Wildman–Crippen MR) is 241 cm³/mol. The van der Waals surface area contributed by atoms with Crippen molar-refractivity contribution in [1.29, 1.82) is 0 Å². The minimum absolute atomic E-state index is 0.0425. The number of nitrogens with zero attached hydrogens (tertiary/aromatic N) is 1. The number of amides is 1. The third-order valence-corrected chi connectivity index (χ3v) is 14.2. The van der Waals surface area contributed by atoms with Crippen LogP contribution in [0, 0.1) is 29.6 Å². The number of carbonyl (C=O) groups excluding carboxylic acids is 5. The number of allylic oxidation sites excluding steroid dienone is 6. The van der Waals surface area contributed by atoms with Gasteiger partial charge in [-0.05, 0) is 107 Å². The molecule has 0 aromatic heterocycles. The molecule has 4 aliphatic rings. The molecule has 2 bridgehead atoms. The summed E-state index contributed by atoms with van der Waals surface area (Å²) in [5, 5.41) is 33.7. The monoisotopic (exact) mass is 900 g/mol. The highest BCUT2D eigenvalue weighted by Crippen LogP contribution is 2.37. The Kier molecular flexibility index (Phi) is 20.8. The molecule has 64 heavy (non-hydrogen) atoms. The largest absolute Gasteiger partial charge is 0.460 e. The minimum atomic E-state index is -2.43. The van der Waals surface area contributed by atoms with Crippen molar-refractivity contribution in [3.8, 4) is 0 Å². The molecular weight excluding hydrogens is 823 g/mol. The van der Waals surface area contributed by atoms with Gasteiger partial charge in [-0.15, -0.1) is 0 Å². The number of hydrogen-bond acceptors (Lipinski definition) is 13. The molecule has 2 saturated heterocycles. The van der Waals surface area contributed by atoms with Crippen LogP contribution < -0.4 is 0 Å². The first-order chi connectivity index (χ1) is 30.3. The molecule has 14 nitrogen and oxygen atoms in total. The van der Waals surface area contributed by atoms with E-state index in [0.29, 0.717) is 63.4 Å². The van der Waals surface area contributed by atoms with Crippen LogP contribution >= 0.6 is 0 Å². The number of ether oxygens (including phenoxy) is 5. The van der Waals surface area contributed by atoms with Crippen molar-refractivity contribution >= 4 is 29.2 Å². The molecule has 1 aliphatic carbocycles. The number of Topliss-reactive ketones (excluding diaryl/α,β-unsaturated/α-hetero) is 3. The summed E-state index contributed by atoms with van der Waals surface area (Å²) < 4.78 is 29.3. The van der Waals surface area contributed by atoms with Gasteiger partial charge in [0.15, 0.2) is 5.78 Å². The van der Waals surface area contributed by atoms with Crippen LogP contribution in [0.4, 0.5) is 0 Å². The first-order valence-corrected chi connectivity index (χ1v) is 23.5. The Labute approximate surface area is 380 Å². The summed E-state index contributed by atoms with van der Waals surface area (Å²) in [6, 6.07) is -1.14. The van der Waals surface area contributed by atoms with Gasteiger partial charge in [-0.1, -0.05) is 64.2 Å². The first kappa shape index (κ1) is 53.2. The summed E-state index contributed by atoms with van der Waals surface area (Å²) in [5.74, 6) is -7.48. The van der Waals surface area contributed by atoms with E-state index in [9.17, 15) is 39.3 Å². The van der Waals surface area contributed by atoms with Gasteiger partial charge in [0.1, 0.15) is 30.1 Å². The molecule has 0 aromatic rings. The molecule has 3 N–H and O–H groups in total. The molecule has 0 unspecified atom stereocenters. The zero-order valence-corrected chi connectivity index (χ0v) is 39.7. The Bertz CT molecular complexity index is 1720. The van der Waals surface area contributed by atoms with Crippen LogP contribution in [0.2, 0.25) is 0 Å². The third-order valence-electron chi connectivity index (χ3n) is 14.2. The number of esters is 1. The number of cyclic esters (lactones) is 1. The molecule has 360 valence electrons. The molecule has 1 saturated carbocycles. The van der Waals surface area contributed by atoms with Gasteiger partial charge in [0.2, 0.25) is 5.79 Å². The summed E-state index contributed by atoms with van der Waals surface area (Å²) in [5.41, 5.74) is 1.27. The number of carbonyl (C=O) groups is 5. The van der Waals surface area contributed by atoms with Crippen molar-refractivity contribution in [2.24, 2.45) is 29.6 Å². The number of piperidine rings is 1. The van der Waals surface area contributed by atoms with E-state index in [1.807, 2.05) is 51.2 Å². The van der Waals surface area contributed by atoms with Crippen molar-refractivity contribution < 1.29 is 63.0 Å². The average Bonchev–Trinajstić information content (AvgIpc) is 3.27. The number of aliphatic hydroxyl groups is 3. The first-order valence-electron chi connectivity index (χ1n) is 23.5. The predicted octanol–water partition coefficient (Wildman–Crippen LogP) is 5.93. The van der Waals surface area contributed by atoms with Crippen molar-refractivity contribution in [3.05, 3.63) is 47.6 Å². The normalized spacial score (nSPS) is 39.7. The van der Waals surface area contributed by atoms with Gasteiger partial charge in [-0.25, -0.2) is 4.79 Å². The Morgan fingerprint density at radius 2 is 1.58 bits per heavy atom. The molecule has 3 heterocycles. The lowest BCUT2D eigenvalue weighted by Crippen LogP contribution is -2.61. The Balaban J connectivity index is 1.68. The van der Waals surface area contributed by atoms with Gasteiger partial charge in [0, 0.05) is 59.0 Å². The van der Waals surface area contributed by atoms with Crippen LogP contribution in [0.1, 0.15) is 125 Å². The van der Waals surface area contributed by atoms with E-state index < -0.39 is 77.9 Å². The summed E-state index contributed by atoms with van der Waals surface area (Å²) in [6.07, 6.45) is 11.4. The molecule has 0 spiro atoms. The fourth-order valence-electron chi connectivity index (χ4n) is 9.73. The molecule has 4 rings (SSSR count). The second-order valence-corrected chi connectivity index (χ2v) is 19.1. The van der Waals surface area contributed by atoms with Crippen LogP contribution in [0.3, 0.4) is 0 Å². The fourth-order valence-corrected chi connectivity index (χ4v) is 9.73. The molecule has 3 aliphatic heterocycles. The van der Waals surface area contributed by atoms with Crippen molar-refractivity contribution in [1.82, 2.24) is 4.90 Å². The molecule has 14 atom stereocenters. The number of aliphatic hydroxyl groups excluding tert-OH is 2. The molecule has 1 amide bonds. The topological polar surface area (TPSA) is 195 Å². The molecule has 14 heteroatoms. The van der Waals surface area contributed by atoms with Crippen LogP contribution in [0.5, 0.6) is 0 Å². The Hall–Kier alpha value is -3.37. The van der Waals surface area contributed by atoms with E-state index in [4.69, 9.17) is 23.7 Å². The maximum absolute atomic E-state index is 14.3. The van der Waals surface area contributed by atoms with E-state index in [1.165, 1.54) is 12.0 Å². The smallest absolute Gasteiger partial charge is 0.329 e.